The van der Waals surface area contributed by atoms with E-state index < -0.39 is 0 Å². The van der Waals surface area contributed by atoms with E-state index in [0.29, 0.717) is 18.2 Å². The van der Waals surface area contributed by atoms with Crippen molar-refractivity contribution in [1.29, 1.82) is 0 Å². The lowest BCUT2D eigenvalue weighted by molar-refractivity contribution is 0.0949. The minimum Gasteiger partial charge on any atom is -0.350 e. The number of aromatic amines is 1. The van der Waals surface area contributed by atoms with Crippen LogP contribution in [0.1, 0.15) is 40.3 Å². The first kappa shape index (κ1) is 16.6. The Kier molecular flexibility index (Phi) is 5.24. The highest BCUT2D eigenvalue weighted by molar-refractivity contribution is 5.91. The second kappa shape index (κ2) is 7.57. The summed E-state index contributed by atoms with van der Waals surface area (Å²) in [6, 6.07) is 0. The Hall–Kier alpha value is -2.22. The predicted molar refractivity (Wildman–Crippen MR) is 89.7 cm³/mol. The molecule has 1 aliphatic rings. The average Bonchev–Trinajstić information content (AvgIpc) is 3.17. The second-order valence-corrected chi connectivity index (χ2v) is 6.46. The summed E-state index contributed by atoms with van der Waals surface area (Å²) in [5, 5.41) is 21.5. The number of piperidine rings is 1. The molecule has 2 aromatic heterocycles. The molecule has 0 aromatic carbocycles. The largest absolute Gasteiger partial charge is 0.350 e. The van der Waals surface area contributed by atoms with Gasteiger partial charge in [0.2, 0.25) is 0 Å². The quantitative estimate of drug-likeness (QED) is 0.719. The lowest BCUT2D eigenvalue weighted by Gasteiger charge is -2.22. The van der Waals surface area contributed by atoms with Gasteiger partial charge in [0, 0.05) is 18.8 Å². The third-order valence-electron chi connectivity index (χ3n) is 4.56. The van der Waals surface area contributed by atoms with E-state index in [1.165, 1.54) is 12.8 Å². The summed E-state index contributed by atoms with van der Waals surface area (Å²) in [5.41, 5.74) is 3.56. The summed E-state index contributed by atoms with van der Waals surface area (Å²) in [5.74, 6) is 0.380. The SMILES string of the molecule is Cc1n[nH]c(C)c1CCNC(=O)c1cn(CC2CCCNC2)nn1. The maximum atomic E-state index is 12.2. The van der Waals surface area contributed by atoms with Gasteiger partial charge in [0.1, 0.15) is 0 Å². The first-order chi connectivity index (χ1) is 11.6. The highest BCUT2D eigenvalue weighted by Crippen LogP contribution is 2.12. The van der Waals surface area contributed by atoms with Crippen LogP contribution in [0.25, 0.3) is 0 Å². The summed E-state index contributed by atoms with van der Waals surface area (Å²) < 4.78 is 1.77. The average molecular weight is 331 g/mol. The zero-order chi connectivity index (χ0) is 16.9. The number of amides is 1. The number of rotatable bonds is 6. The minimum atomic E-state index is -0.179. The molecule has 1 fully saturated rings. The zero-order valence-electron chi connectivity index (χ0n) is 14.3. The summed E-state index contributed by atoms with van der Waals surface area (Å²) in [7, 11) is 0. The number of hydrogen-bond donors (Lipinski definition) is 3. The Balaban J connectivity index is 1.48. The molecule has 130 valence electrons. The summed E-state index contributed by atoms with van der Waals surface area (Å²) in [6.07, 6.45) is 4.87. The van der Waals surface area contributed by atoms with E-state index >= 15 is 0 Å². The molecule has 0 bridgehead atoms. The fourth-order valence-electron chi connectivity index (χ4n) is 3.17. The van der Waals surface area contributed by atoms with E-state index in [-0.39, 0.29) is 5.91 Å². The fourth-order valence-corrected chi connectivity index (χ4v) is 3.17. The van der Waals surface area contributed by atoms with Crippen LogP contribution in [-0.4, -0.2) is 50.7 Å². The van der Waals surface area contributed by atoms with Gasteiger partial charge in [-0.2, -0.15) is 5.10 Å². The normalized spacial score (nSPS) is 17.8. The smallest absolute Gasteiger partial charge is 0.273 e. The molecule has 24 heavy (non-hydrogen) atoms. The summed E-state index contributed by atoms with van der Waals surface area (Å²) >= 11 is 0. The monoisotopic (exact) mass is 331 g/mol. The van der Waals surface area contributed by atoms with E-state index in [0.717, 1.165) is 43.0 Å². The number of hydrogen-bond acceptors (Lipinski definition) is 5. The molecule has 3 heterocycles. The first-order valence-corrected chi connectivity index (χ1v) is 8.53. The molecule has 1 saturated heterocycles. The van der Waals surface area contributed by atoms with Gasteiger partial charge < -0.3 is 10.6 Å². The first-order valence-electron chi connectivity index (χ1n) is 8.53. The number of carbonyl (C=O) groups is 1. The predicted octanol–water partition coefficient (Wildman–Crippen LogP) is 0.590. The van der Waals surface area contributed by atoms with Crippen molar-refractivity contribution in [2.45, 2.75) is 39.7 Å². The minimum absolute atomic E-state index is 0.179. The van der Waals surface area contributed by atoms with Crippen LogP contribution in [-0.2, 0) is 13.0 Å². The van der Waals surface area contributed by atoms with Gasteiger partial charge in [0.25, 0.3) is 5.91 Å². The van der Waals surface area contributed by atoms with Crippen LogP contribution in [0.3, 0.4) is 0 Å². The Morgan fingerprint density at radius 1 is 1.46 bits per heavy atom. The van der Waals surface area contributed by atoms with Crippen molar-refractivity contribution >= 4 is 5.91 Å². The molecule has 2 aromatic rings. The Bertz CT molecular complexity index is 665. The number of aromatic nitrogens is 5. The van der Waals surface area contributed by atoms with Crippen molar-refractivity contribution in [2.24, 2.45) is 5.92 Å². The fraction of sp³-hybridized carbons (Fsp3) is 0.625. The number of nitrogens with one attached hydrogen (secondary N) is 3. The topological polar surface area (TPSA) is 101 Å². The lowest BCUT2D eigenvalue weighted by atomic mass is 10.00. The third kappa shape index (κ3) is 4.00. The molecular formula is C16H25N7O. The Morgan fingerprint density at radius 2 is 2.33 bits per heavy atom. The van der Waals surface area contributed by atoms with E-state index in [2.05, 4.69) is 31.1 Å². The second-order valence-electron chi connectivity index (χ2n) is 6.46. The van der Waals surface area contributed by atoms with Gasteiger partial charge >= 0.3 is 0 Å². The molecule has 0 saturated carbocycles. The standard InChI is InChI=1S/C16H25N7O/c1-11-14(12(2)20-19-11)5-7-18-16(24)15-10-23(22-21-15)9-13-4-3-6-17-8-13/h10,13,17H,3-9H2,1-2H3,(H,18,24)(H,19,20). The van der Waals surface area contributed by atoms with Crippen molar-refractivity contribution in [2.75, 3.05) is 19.6 Å². The van der Waals surface area contributed by atoms with E-state index in [4.69, 9.17) is 0 Å². The molecule has 1 amide bonds. The van der Waals surface area contributed by atoms with Crippen LogP contribution in [0.5, 0.6) is 0 Å². The van der Waals surface area contributed by atoms with Gasteiger partial charge in [-0.3, -0.25) is 14.6 Å². The maximum Gasteiger partial charge on any atom is 0.273 e. The molecule has 1 unspecified atom stereocenters. The van der Waals surface area contributed by atoms with E-state index in [1.807, 2.05) is 13.8 Å². The van der Waals surface area contributed by atoms with Crippen LogP contribution in [0.15, 0.2) is 6.20 Å². The Morgan fingerprint density at radius 3 is 3.04 bits per heavy atom. The molecule has 0 aliphatic carbocycles. The van der Waals surface area contributed by atoms with Gasteiger partial charge in [-0.25, -0.2) is 0 Å². The highest BCUT2D eigenvalue weighted by Gasteiger charge is 2.16. The lowest BCUT2D eigenvalue weighted by Crippen LogP contribution is -2.32. The Labute approximate surface area is 141 Å². The van der Waals surface area contributed by atoms with E-state index in [9.17, 15) is 4.79 Å². The van der Waals surface area contributed by atoms with Gasteiger partial charge in [-0.15, -0.1) is 5.10 Å². The molecule has 0 spiro atoms. The van der Waals surface area contributed by atoms with Gasteiger partial charge in [0.15, 0.2) is 5.69 Å². The zero-order valence-corrected chi connectivity index (χ0v) is 14.3. The van der Waals surface area contributed by atoms with Crippen molar-refractivity contribution in [1.82, 2.24) is 35.8 Å². The summed E-state index contributed by atoms with van der Waals surface area (Å²) in [4.78, 5) is 12.2. The van der Waals surface area contributed by atoms with Crippen LogP contribution in [0.4, 0.5) is 0 Å². The molecule has 1 atom stereocenters. The third-order valence-corrected chi connectivity index (χ3v) is 4.56. The molecule has 8 heteroatoms. The van der Waals surface area contributed by atoms with Crippen molar-refractivity contribution in [3.8, 4) is 0 Å². The van der Waals surface area contributed by atoms with E-state index in [1.54, 1.807) is 10.9 Å². The van der Waals surface area contributed by atoms with Crippen molar-refractivity contribution < 1.29 is 4.79 Å². The van der Waals surface area contributed by atoms with Crippen LogP contribution in [0.2, 0.25) is 0 Å². The molecular weight excluding hydrogens is 306 g/mol. The summed E-state index contributed by atoms with van der Waals surface area (Å²) in [6.45, 7) is 7.41. The number of nitrogens with zero attached hydrogens (tertiary/aromatic N) is 4. The van der Waals surface area contributed by atoms with Crippen molar-refractivity contribution in [3.05, 3.63) is 28.8 Å². The maximum absolute atomic E-state index is 12.2. The van der Waals surface area contributed by atoms with Crippen LogP contribution >= 0.6 is 0 Å². The molecule has 0 radical (unpaired) electrons. The van der Waals surface area contributed by atoms with Crippen molar-refractivity contribution in [3.63, 3.8) is 0 Å². The number of H-pyrrole nitrogens is 1. The van der Waals surface area contributed by atoms with Gasteiger partial charge in [-0.05, 0) is 57.7 Å². The van der Waals surface area contributed by atoms with Gasteiger partial charge in [0.05, 0.1) is 11.9 Å². The van der Waals surface area contributed by atoms with Crippen LogP contribution in [0, 0.1) is 19.8 Å². The highest BCUT2D eigenvalue weighted by atomic mass is 16.2. The van der Waals surface area contributed by atoms with Gasteiger partial charge in [-0.1, -0.05) is 5.21 Å². The molecule has 1 aliphatic heterocycles. The molecule has 3 N–H and O–H groups in total. The van der Waals surface area contributed by atoms with Crippen LogP contribution < -0.4 is 10.6 Å². The molecule has 3 rings (SSSR count). The number of aryl methyl sites for hydroxylation is 2. The molecule has 8 nitrogen and oxygen atoms in total. The number of carbonyl (C=O) groups excluding carboxylic acids is 1.